The fourth-order valence-corrected chi connectivity index (χ4v) is 2.51. The van der Waals surface area contributed by atoms with Crippen molar-refractivity contribution in [3.05, 3.63) is 65.0 Å². The highest BCUT2D eigenvalue weighted by molar-refractivity contribution is 7.98. The van der Waals surface area contributed by atoms with Gasteiger partial charge >= 0.3 is 0 Å². The van der Waals surface area contributed by atoms with Crippen molar-refractivity contribution in [3.8, 4) is 11.8 Å². The molecule has 2 aromatic rings. The van der Waals surface area contributed by atoms with Gasteiger partial charge in [0.15, 0.2) is 0 Å². The lowest BCUT2D eigenvalue weighted by Crippen LogP contribution is -1.90. The molecule has 0 unspecified atom stereocenters. The van der Waals surface area contributed by atoms with Crippen LogP contribution in [0.3, 0.4) is 0 Å². The van der Waals surface area contributed by atoms with Crippen LogP contribution in [-0.4, -0.2) is 11.7 Å². The zero-order chi connectivity index (χ0) is 15.2. The van der Waals surface area contributed by atoms with Gasteiger partial charge in [0.2, 0.25) is 0 Å². The molecule has 0 aliphatic heterocycles. The van der Waals surface area contributed by atoms with Gasteiger partial charge in [-0.05, 0) is 29.8 Å². The molecule has 0 fully saturated rings. The Balaban J connectivity index is 2.13. The van der Waals surface area contributed by atoms with Crippen LogP contribution < -0.4 is 0 Å². The Labute approximate surface area is 124 Å². The SMILES string of the molecule is OCC#Cc1cc(CSc2ccc(F)cc2F)ccc1F. The summed E-state index contributed by atoms with van der Waals surface area (Å²) in [6.45, 7) is -0.348. The molecule has 0 saturated heterocycles. The van der Waals surface area contributed by atoms with Gasteiger partial charge in [-0.25, -0.2) is 13.2 Å². The summed E-state index contributed by atoms with van der Waals surface area (Å²) in [5.41, 5.74) is 0.939. The molecule has 5 heteroatoms. The highest BCUT2D eigenvalue weighted by Gasteiger charge is 2.06. The average Bonchev–Trinajstić information content (AvgIpc) is 2.46. The van der Waals surface area contributed by atoms with Crippen molar-refractivity contribution in [1.82, 2.24) is 0 Å². The largest absolute Gasteiger partial charge is 0.384 e. The Morgan fingerprint density at radius 3 is 2.52 bits per heavy atom. The summed E-state index contributed by atoms with van der Waals surface area (Å²) in [6, 6.07) is 7.78. The Hall–Kier alpha value is -1.90. The van der Waals surface area contributed by atoms with Crippen molar-refractivity contribution in [2.45, 2.75) is 10.6 Å². The summed E-state index contributed by atoms with van der Waals surface area (Å²) in [6.07, 6.45) is 0. The fraction of sp³-hybridized carbons (Fsp3) is 0.125. The van der Waals surface area contributed by atoms with Gasteiger partial charge in [0.25, 0.3) is 0 Å². The maximum absolute atomic E-state index is 13.5. The van der Waals surface area contributed by atoms with Crippen molar-refractivity contribution in [1.29, 1.82) is 0 Å². The van der Waals surface area contributed by atoms with Crippen LogP contribution in [0.2, 0.25) is 0 Å². The van der Waals surface area contributed by atoms with Gasteiger partial charge in [-0.2, -0.15) is 0 Å². The number of aliphatic hydroxyl groups excluding tert-OH is 1. The second kappa shape index (κ2) is 7.21. The Morgan fingerprint density at radius 1 is 1.00 bits per heavy atom. The van der Waals surface area contributed by atoms with Crippen molar-refractivity contribution in [3.63, 3.8) is 0 Å². The number of rotatable bonds is 3. The van der Waals surface area contributed by atoms with Gasteiger partial charge in [0.1, 0.15) is 24.1 Å². The average molecular weight is 308 g/mol. The first-order valence-corrected chi connectivity index (χ1v) is 7.04. The lowest BCUT2D eigenvalue weighted by atomic mass is 10.1. The van der Waals surface area contributed by atoms with Crippen LogP contribution in [-0.2, 0) is 5.75 Å². The van der Waals surface area contributed by atoms with E-state index in [1.165, 1.54) is 30.0 Å². The molecule has 2 aromatic carbocycles. The van der Waals surface area contributed by atoms with E-state index >= 15 is 0 Å². The fourth-order valence-electron chi connectivity index (χ4n) is 1.65. The predicted octanol–water partition coefficient (Wildman–Crippen LogP) is 3.74. The smallest absolute Gasteiger partial charge is 0.139 e. The summed E-state index contributed by atoms with van der Waals surface area (Å²) in [7, 11) is 0. The van der Waals surface area contributed by atoms with E-state index in [0.29, 0.717) is 10.6 Å². The Bertz CT molecular complexity index is 704. The van der Waals surface area contributed by atoms with Gasteiger partial charge < -0.3 is 5.11 Å². The molecule has 1 nitrogen and oxygen atoms in total. The number of hydrogen-bond donors (Lipinski definition) is 1. The number of halogens is 3. The van der Waals surface area contributed by atoms with Gasteiger partial charge in [-0.3, -0.25) is 0 Å². The zero-order valence-corrected chi connectivity index (χ0v) is 11.7. The molecule has 0 aliphatic carbocycles. The van der Waals surface area contributed by atoms with E-state index in [4.69, 9.17) is 5.11 Å². The van der Waals surface area contributed by atoms with Crippen LogP contribution in [0, 0.1) is 29.3 Å². The second-order valence-electron chi connectivity index (χ2n) is 4.14. The van der Waals surface area contributed by atoms with E-state index in [1.807, 2.05) is 0 Å². The molecule has 0 heterocycles. The van der Waals surface area contributed by atoms with Crippen LogP contribution >= 0.6 is 11.8 Å². The molecular formula is C16H11F3OS. The van der Waals surface area contributed by atoms with Crippen LogP contribution in [0.25, 0.3) is 0 Å². The first-order chi connectivity index (χ1) is 10.1. The van der Waals surface area contributed by atoms with Crippen LogP contribution in [0.4, 0.5) is 13.2 Å². The van der Waals surface area contributed by atoms with Gasteiger partial charge in [-0.1, -0.05) is 17.9 Å². The van der Waals surface area contributed by atoms with Gasteiger partial charge in [0.05, 0.1) is 5.56 Å². The van der Waals surface area contributed by atoms with Crippen LogP contribution in [0.15, 0.2) is 41.3 Å². The summed E-state index contributed by atoms with van der Waals surface area (Å²) in [5, 5.41) is 8.62. The topological polar surface area (TPSA) is 20.2 Å². The molecule has 108 valence electrons. The van der Waals surface area contributed by atoms with E-state index in [2.05, 4.69) is 11.8 Å². The summed E-state index contributed by atoms with van der Waals surface area (Å²) < 4.78 is 39.8. The summed E-state index contributed by atoms with van der Waals surface area (Å²) in [5.74, 6) is 3.57. The zero-order valence-electron chi connectivity index (χ0n) is 10.9. The summed E-state index contributed by atoms with van der Waals surface area (Å²) >= 11 is 1.19. The van der Waals surface area contributed by atoms with Crippen molar-refractivity contribution in [2.24, 2.45) is 0 Å². The molecule has 0 aliphatic rings. The molecule has 0 radical (unpaired) electrons. The maximum Gasteiger partial charge on any atom is 0.139 e. The van der Waals surface area contributed by atoms with E-state index in [-0.39, 0.29) is 12.2 Å². The number of aliphatic hydroxyl groups is 1. The standard InChI is InChI=1S/C16H11F3OS/c17-13-4-6-16(15(19)9-13)21-10-11-3-5-14(18)12(8-11)2-1-7-20/h3-6,8-9,20H,7,10H2. The molecule has 0 amide bonds. The lowest BCUT2D eigenvalue weighted by molar-refractivity contribution is 0.350. The van der Waals surface area contributed by atoms with Crippen molar-refractivity contribution in [2.75, 3.05) is 6.61 Å². The first-order valence-electron chi connectivity index (χ1n) is 6.06. The maximum atomic E-state index is 13.5. The van der Waals surface area contributed by atoms with Crippen LogP contribution in [0.5, 0.6) is 0 Å². The Morgan fingerprint density at radius 2 is 1.81 bits per heavy atom. The third-order valence-corrected chi connectivity index (χ3v) is 3.74. The molecule has 0 bridgehead atoms. The third-order valence-electron chi connectivity index (χ3n) is 2.62. The highest BCUT2D eigenvalue weighted by Crippen LogP contribution is 2.26. The van der Waals surface area contributed by atoms with E-state index < -0.39 is 17.5 Å². The van der Waals surface area contributed by atoms with Gasteiger partial charge in [0, 0.05) is 16.7 Å². The van der Waals surface area contributed by atoms with Crippen molar-refractivity contribution >= 4 is 11.8 Å². The first kappa shape index (κ1) is 15.5. The molecule has 2 rings (SSSR count). The monoisotopic (exact) mass is 308 g/mol. The van der Waals surface area contributed by atoms with E-state index in [9.17, 15) is 13.2 Å². The molecular weight excluding hydrogens is 297 g/mol. The second-order valence-corrected chi connectivity index (χ2v) is 5.15. The third kappa shape index (κ3) is 4.28. The Kier molecular flexibility index (Phi) is 5.32. The molecule has 21 heavy (non-hydrogen) atoms. The number of benzene rings is 2. The molecule has 1 N–H and O–H groups in total. The van der Waals surface area contributed by atoms with E-state index in [1.54, 1.807) is 12.1 Å². The minimum absolute atomic E-state index is 0.182. The van der Waals surface area contributed by atoms with Gasteiger partial charge in [-0.15, -0.1) is 11.8 Å². The minimum Gasteiger partial charge on any atom is -0.384 e. The summed E-state index contributed by atoms with van der Waals surface area (Å²) in [4.78, 5) is 0.323. The molecule has 0 aromatic heterocycles. The highest BCUT2D eigenvalue weighted by atomic mass is 32.2. The lowest BCUT2D eigenvalue weighted by Gasteiger charge is -2.05. The quantitative estimate of drug-likeness (QED) is 0.688. The molecule has 0 atom stereocenters. The van der Waals surface area contributed by atoms with E-state index in [0.717, 1.165) is 11.6 Å². The number of thioether (sulfide) groups is 1. The molecule has 0 saturated carbocycles. The predicted molar refractivity (Wildman–Crippen MR) is 76.3 cm³/mol. The van der Waals surface area contributed by atoms with Crippen molar-refractivity contribution < 1.29 is 18.3 Å². The minimum atomic E-state index is -0.625. The van der Waals surface area contributed by atoms with Crippen LogP contribution in [0.1, 0.15) is 11.1 Å². The number of hydrogen-bond acceptors (Lipinski definition) is 2. The molecule has 0 spiro atoms. The normalized spacial score (nSPS) is 10.1.